The number of benzene rings is 2. The first-order valence-electron chi connectivity index (χ1n) is 7.89. The van der Waals surface area contributed by atoms with Crippen LogP contribution < -0.4 is 5.32 Å². The fourth-order valence-electron chi connectivity index (χ4n) is 3.67. The Balaban J connectivity index is 1.99. The van der Waals surface area contributed by atoms with Gasteiger partial charge in [-0.1, -0.05) is 79.7 Å². The normalized spacial score (nSPS) is 30.4. The maximum absolute atomic E-state index is 9.54. The van der Waals surface area contributed by atoms with Gasteiger partial charge in [0.05, 0.1) is 17.5 Å². The summed E-state index contributed by atoms with van der Waals surface area (Å²) in [7, 11) is 0. The van der Waals surface area contributed by atoms with Crippen LogP contribution in [0.1, 0.15) is 37.1 Å². The van der Waals surface area contributed by atoms with Crippen LogP contribution in [0.3, 0.4) is 0 Å². The zero-order valence-electron chi connectivity index (χ0n) is 13.1. The average Bonchev–Trinajstić information content (AvgIpc) is 2.57. The van der Waals surface area contributed by atoms with E-state index in [2.05, 4.69) is 72.9 Å². The summed E-state index contributed by atoms with van der Waals surface area (Å²) in [5.74, 6) is 0.421. The van der Waals surface area contributed by atoms with Gasteiger partial charge in [-0.25, -0.2) is 0 Å². The largest absolute Gasteiger partial charge is 0.411 e. The first-order valence-corrected chi connectivity index (χ1v) is 7.89. The smallest absolute Gasteiger partial charge is 0.120 e. The molecule has 3 nitrogen and oxygen atoms in total. The zero-order valence-corrected chi connectivity index (χ0v) is 13.1. The van der Waals surface area contributed by atoms with E-state index in [-0.39, 0.29) is 23.9 Å². The maximum atomic E-state index is 9.54. The molecule has 1 aliphatic heterocycles. The molecular formula is C19H23N2O+. The Kier molecular flexibility index (Phi) is 4.25. The van der Waals surface area contributed by atoms with Crippen LogP contribution in [0, 0.1) is 11.8 Å². The molecule has 22 heavy (non-hydrogen) atoms. The third-order valence-electron chi connectivity index (χ3n) is 4.91. The summed E-state index contributed by atoms with van der Waals surface area (Å²) < 4.78 is 0. The number of nitrogens with two attached hydrogens (primary N) is 1. The number of quaternary nitrogens is 1. The third kappa shape index (κ3) is 2.64. The number of nitrogens with zero attached hydrogens (tertiary/aromatic N) is 1. The Morgan fingerprint density at radius 2 is 1.18 bits per heavy atom. The topological polar surface area (TPSA) is 49.2 Å². The van der Waals surface area contributed by atoms with E-state index < -0.39 is 0 Å². The predicted octanol–water partition coefficient (Wildman–Crippen LogP) is 3.15. The van der Waals surface area contributed by atoms with E-state index in [0.717, 1.165) is 5.71 Å². The van der Waals surface area contributed by atoms with E-state index in [1.54, 1.807) is 0 Å². The van der Waals surface area contributed by atoms with E-state index in [4.69, 9.17) is 0 Å². The van der Waals surface area contributed by atoms with Gasteiger partial charge in [-0.05, 0) is 0 Å². The summed E-state index contributed by atoms with van der Waals surface area (Å²) in [4.78, 5) is 0. The maximum Gasteiger partial charge on any atom is 0.120 e. The van der Waals surface area contributed by atoms with Crippen LogP contribution in [0.2, 0.25) is 0 Å². The molecule has 3 heteroatoms. The van der Waals surface area contributed by atoms with Crippen molar-refractivity contribution < 1.29 is 10.5 Å². The van der Waals surface area contributed by atoms with Gasteiger partial charge in [-0.15, -0.1) is 0 Å². The monoisotopic (exact) mass is 295 g/mol. The fourth-order valence-corrected chi connectivity index (χ4v) is 3.67. The summed E-state index contributed by atoms with van der Waals surface area (Å²) in [6.45, 7) is 4.31. The second kappa shape index (κ2) is 6.32. The number of piperidine rings is 1. The van der Waals surface area contributed by atoms with Gasteiger partial charge in [0, 0.05) is 11.1 Å². The molecule has 3 rings (SSSR count). The molecule has 1 aliphatic rings. The Labute approximate surface area is 131 Å². The molecule has 0 spiro atoms. The molecule has 0 aliphatic carbocycles. The molecule has 0 saturated carbocycles. The molecule has 0 unspecified atom stereocenters. The third-order valence-corrected chi connectivity index (χ3v) is 4.91. The van der Waals surface area contributed by atoms with Gasteiger partial charge in [0.2, 0.25) is 0 Å². The standard InChI is InChI=1S/C19H22N2O/c1-13-17(21-22)14(2)19(16-11-7-4-8-12-16)20-18(13)15-9-5-3-6-10-15/h3-14,18-20,22H,1-2H3/p+1/t13-,14+,18+,19-. The van der Waals surface area contributed by atoms with Crippen LogP contribution in [0.5, 0.6) is 0 Å². The lowest BCUT2D eigenvalue weighted by molar-refractivity contribution is -0.747. The molecule has 0 aromatic heterocycles. The lowest BCUT2D eigenvalue weighted by Gasteiger charge is -2.37. The molecule has 1 fully saturated rings. The lowest BCUT2D eigenvalue weighted by atomic mass is 9.75. The van der Waals surface area contributed by atoms with Crippen molar-refractivity contribution in [3.8, 4) is 0 Å². The summed E-state index contributed by atoms with van der Waals surface area (Å²) in [5.41, 5.74) is 3.46. The molecule has 0 bridgehead atoms. The molecule has 2 aromatic carbocycles. The van der Waals surface area contributed by atoms with E-state index >= 15 is 0 Å². The molecule has 0 radical (unpaired) electrons. The first-order chi connectivity index (χ1) is 10.7. The van der Waals surface area contributed by atoms with Crippen molar-refractivity contribution in [3.63, 3.8) is 0 Å². The molecule has 114 valence electrons. The van der Waals surface area contributed by atoms with Crippen LogP contribution in [0.25, 0.3) is 0 Å². The van der Waals surface area contributed by atoms with Gasteiger partial charge in [0.15, 0.2) is 0 Å². The van der Waals surface area contributed by atoms with E-state index in [9.17, 15) is 5.21 Å². The van der Waals surface area contributed by atoms with Gasteiger partial charge in [0.1, 0.15) is 12.1 Å². The highest BCUT2D eigenvalue weighted by molar-refractivity contribution is 5.89. The fraction of sp³-hybridized carbons (Fsp3) is 0.316. The van der Waals surface area contributed by atoms with Crippen LogP contribution >= 0.6 is 0 Å². The summed E-state index contributed by atoms with van der Waals surface area (Å²) in [6, 6.07) is 21.5. The van der Waals surface area contributed by atoms with Crippen molar-refractivity contribution in [3.05, 3.63) is 71.8 Å². The Bertz CT molecular complexity index is 585. The minimum absolute atomic E-state index is 0.211. The summed E-state index contributed by atoms with van der Waals surface area (Å²) >= 11 is 0. The second-order valence-corrected chi connectivity index (χ2v) is 6.17. The van der Waals surface area contributed by atoms with Gasteiger partial charge in [-0.2, -0.15) is 0 Å². The van der Waals surface area contributed by atoms with Gasteiger partial charge >= 0.3 is 0 Å². The van der Waals surface area contributed by atoms with Crippen molar-refractivity contribution in [1.29, 1.82) is 0 Å². The molecule has 4 atom stereocenters. The zero-order chi connectivity index (χ0) is 15.5. The van der Waals surface area contributed by atoms with Gasteiger partial charge < -0.3 is 10.5 Å². The molecular weight excluding hydrogens is 272 g/mol. The predicted molar refractivity (Wildman–Crippen MR) is 87.8 cm³/mol. The van der Waals surface area contributed by atoms with Gasteiger partial charge in [-0.3, -0.25) is 0 Å². The summed E-state index contributed by atoms with van der Waals surface area (Å²) in [6.07, 6.45) is 0. The first kappa shape index (κ1) is 14.8. The molecule has 0 amide bonds. The quantitative estimate of drug-likeness (QED) is 0.649. The Morgan fingerprint density at radius 1 is 0.773 bits per heavy atom. The molecule has 1 saturated heterocycles. The van der Waals surface area contributed by atoms with Crippen LogP contribution in [0.15, 0.2) is 65.8 Å². The van der Waals surface area contributed by atoms with Crippen LogP contribution in [-0.2, 0) is 0 Å². The molecule has 3 N–H and O–H groups in total. The molecule has 2 aromatic rings. The van der Waals surface area contributed by atoms with Crippen molar-refractivity contribution in [1.82, 2.24) is 0 Å². The van der Waals surface area contributed by atoms with Crippen molar-refractivity contribution in [2.45, 2.75) is 25.9 Å². The van der Waals surface area contributed by atoms with Crippen molar-refractivity contribution in [2.24, 2.45) is 17.0 Å². The lowest BCUT2D eigenvalue weighted by Crippen LogP contribution is -2.91. The minimum atomic E-state index is 0.211. The van der Waals surface area contributed by atoms with Crippen molar-refractivity contribution in [2.75, 3.05) is 0 Å². The SMILES string of the molecule is C[C@@H]1C(=NO)[C@H](C)[C@H](c2ccccc2)[NH2+][C@@H]1c1ccccc1. The van der Waals surface area contributed by atoms with Crippen molar-refractivity contribution >= 4 is 5.71 Å². The summed E-state index contributed by atoms with van der Waals surface area (Å²) in [5, 5.41) is 15.6. The van der Waals surface area contributed by atoms with Crippen LogP contribution in [0.4, 0.5) is 0 Å². The molecule has 1 heterocycles. The highest BCUT2D eigenvalue weighted by atomic mass is 16.4. The Hall–Kier alpha value is -2.13. The van der Waals surface area contributed by atoms with E-state index in [0.29, 0.717) is 0 Å². The Morgan fingerprint density at radius 3 is 1.55 bits per heavy atom. The van der Waals surface area contributed by atoms with E-state index in [1.165, 1.54) is 11.1 Å². The number of oxime groups is 1. The average molecular weight is 295 g/mol. The second-order valence-electron chi connectivity index (χ2n) is 6.17. The number of hydrogen-bond acceptors (Lipinski definition) is 2. The number of rotatable bonds is 2. The highest BCUT2D eigenvalue weighted by Crippen LogP contribution is 2.33. The van der Waals surface area contributed by atoms with E-state index in [1.807, 2.05) is 12.1 Å². The minimum Gasteiger partial charge on any atom is -0.411 e. The van der Waals surface area contributed by atoms with Gasteiger partial charge in [0.25, 0.3) is 0 Å². The highest BCUT2D eigenvalue weighted by Gasteiger charge is 2.42. The van der Waals surface area contributed by atoms with Crippen LogP contribution in [-0.4, -0.2) is 10.9 Å². The number of hydrogen-bond donors (Lipinski definition) is 2.